The Morgan fingerprint density at radius 1 is 1.36 bits per heavy atom. The average molecular weight is 407 g/mol. The van der Waals surface area contributed by atoms with E-state index in [2.05, 4.69) is 5.10 Å². The maximum absolute atomic E-state index is 14.1. The zero-order valence-corrected chi connectivity index (χ0v) is 17.0. The molecule has 0 radical (unpaired) electrons. The lowest BCUT2D eigenvalue weighted by Gasteiger charge is -2.33. The number of amides is 1. The Morgan fingerprint density at radius 2 is 2.11 bits per heavy atom. The summed E-state index contributed by atoms with van der Waals surface area (Å²) in [7, 11) is 1.91. The predicted octanol–water partition coefficient (Wildman–Crippen LogP) is 3.36. The molecule has 6 nitrogen and oxygen atoms in total. The monoisotopic (exact) mass is 406 g/mol. The number of nitrogens with zero attached hydrogens (tertiary/aromatic N) is 4. The van der Waals surface area contributed by atoms with Crippen LogP contribution in [0.2, 0.25) is 5.02 Å². The second kappa shape index (κ2) is 8.31. The normalized spacial score (nSPS) is 17.1. The highest BCUT2D eigenvalue weighted by atomic mass is 35.5. The van der Waals surface area contributed by atoms with Crippen LogP contribution in [0.25, 0.3) is 0 Å². The zero-order valence-electron chi connectivity index (χ0n) is 16.2. The van der Waals surface area contributed by atoms with Gasteiger partial charge in [-0.2, -0.15) is 5.10 Å². The first kappa shape index (κ1) is 20.3. The van der Waals surface area contributed by atoms with Crippen LogP contribution in [0.3, 0.4) is 0 Å². The van der Waals surface area contributed by atoms with Gasteiger partial charge >= 0.3 is 0 Å². The molecule has 8 heteroatoms. The molecule has 1 aliphatic rings. The number of aromatic nitrogens is 2. The van der Waals surface area contributed by atoms with E-state index in [9.17, 15) is 14.0 Å². The first-order valence-electron chi connectivity index (χ1n) is 9.34. The van der Waals surface area contributed by atoms with Crippen molar-refractivity contribution in [3.8, 4) is 0 Å². The largest absolute Gasteiger partial charge is 0.371 e. The summed E-state index contributed by atoms with van der Waals surface area (Å²) in [6.45, 7) is 4.89. The molecule has 0 saturated carbocycles. The van der Waals surface area contributed by atoms with Crippen molar-refractivity contribution in [1.82, 2.24) is 14.7 Å². The number of benzene rings is 1. The Balaban J connectivity index is 1.80. The molecule has 2 heterocycles. The number of anilines is 1. The van der Waals surface area contributed by atoms with Gasteiger partial charge in [0.25, 0.3) is 11.5 Å². The zero-order chi connectivity index (χ0) is 20.4. The molecule has 0 unspecified atom stereocenters. The van der Waals surface area contributed by atoms with E-state index in [4.69, 9.17) is 11.6 Å². The number of carbonyl (C=O) groups is 1. The maximum atomic E-state index is 14.1. The van der Waals surface area contributed by atoms with Crippen LogP contribution in [0.4, 0.5) is 10.1 Å². The first-order valence-corrected chi connectivity index (χ1v) is 9.71. The lowest BCUT2D eigenvalue weighted by atomic mass is 10.0. The molecule has 1 saturated heterocycles. The summed E-state index contributed by atoms with van der Waals surface area (Å²) in [4.78, 5) is 28.9. The Bertz CT molecular complexity index is 931. The molecular weight excluding hydrogens is 383 g/mol. The van der Waals surface area contributed by atoms with Gasteiger partial charge in [-0.25, -0.2) is 9.07 Å². The van der Waals surface area contributed by atoms with Crippen molar-refractivity contribution in [3.63, 3.8) is 0 Å². The molecule has 1 atom stereocenters. The van der Waals surface area contributed by atoms with Gasteiger partial charge in [0.05, 0.1) is 23.5 Å². The minimum Gasteiger partial charge on any atom is -0.371 e. The van der Waals surface area contributed by atoms with Gasteiger partial charge in [-0.05, 0) is 44.9 Å². The fourth-order valence-electron chi connectivity index (χ4n) is 3.35. The molecule has 0 aliphatic carbocycles. The van der Waals surface area contributed by atoms with Crippen molar-refractivity contribution >= 4 is 23.2 Å². The lowest BCUT2D eigenvalue weighted by molar-refractivity contribution is 0.0665. The van der Waals surface area contributed by atoms with Crippen molar-refractivity contribution in [2.24, 2.45) is 0 Å². The van der Waals surface area contributed by atoms with Gasteiger partial charge in [0.15, 0.2) is 0 Å². The maximum Gasteiger partial charge on any atom is 0.269 e. The second-order valence-corrected chi connectivity index (χ2v) is 7.81. The van der Waals surface area contributed by atoms with E-state index >= 15 is 0 Å². The van der Waals surface area contributed by atoms with E-state index in [1.165, 1.54) is 16.8 Å². The van der Waals surface area contributed by atoms with Crippen LogP contribution in [-0.4, -0.2) is 46.8 Å². The number of carbonyl (C=O) groups excluding carboxylic acids is 1. The molecule has 150 valence electrons. The number of likely N-dealkylation sites (tertiary alicyclic amines) is 1. The van der Waals surface area contributed by atoms with E-state index in [-0.39, 0.29) is 28.2 Å². The topological polar surface area (TPSA) is 58.4 Å². The van der Waals surface area contributed by atoms with Gasteiger partial charge in [-0.1, -0.05) is 11.6 Å². The summed E-state index contributed by atoms with van der Waals surface area (Å²) < 4.78 is 15.5. The number of rotatable bonds is 4. The number of halogens is 2. The van der Waals surface area contributed by atoms with Crippen LogP contribution >= 0.6 is 11.6 Å². The molecule has 0 bridgehead atoms. The first-order chi connectivity index (χ1) is 13.3. The van der Waals surface area contributed by atoms with Gasteiger partial charge < -0.3 is 9.80 Å². The third kappa shape index (κ3) is 4.19. The van der Waals surface area contributed by atoms with Gasteiger partial charge in [-0.15, -0.1) is 0 Å². The van der Waals surface area contributed by atoms with Gasteiger partial charge in [-0.3, -0.25) is 9.59 Å². The van der Waals surface area contributed by atoms with Crippen LogP contribution in [0, 0.1) is 5.82 Å². The highest BCUT2D eigenvalue weighted by Gasteiger charge is 2.28. The van der Waals surface area contributed by atoms with Crippen molar-refractivity contribution in [2.75, 3.05) is 25.0 Å². The summed E-state index contributed by atoms with van der Waals surface area (Å²) in [5.74, 6) is -1.04. The fourth-order valence-corrected chi connectivity index (χ4v) is 3.50. The Labute approximate surface area is 168 Å². The van der Waals surface area contributed by atoms with E-state index in [0.717, 1.165) is 18.2 Å². The molecule has 3 rings (SSSR count). The molecule has 28 heavy (non-hydrogen) atoms. The van der Waals surface area contributed by atoms with Crippen LogP contribution in [0.5, 0.6) is 0 Å². The molecule has 2 aromatic rings. The SMILES string of the molecule is CC(C)N(C)c1cnn([C@@H]2CCCN(C(=O)c3ccc(Cl)cc3F)C2)c(=O)c1. The fraction of sp³-hybridized carbons (Fsp3) is 0.450. The predicted molar refractivity (Wildman–Crippen MR) is 108 cm³/mol. The van der Waals surface area contributed by atoms with Crippen molar-refractivity contribution in [3.05, 3.63) is 57.2 Å². The van der Waals surface area contributed by atoms with Crippen LogP contribution in [0.15, 0.2) is 35.3 Å². The lowest BCUT2D eigenvalue weighted by Crippen LogP contribution is -2.43. The van der Waals surface area contributed by atoms with Gasteiger partial charge in [0.2, 0.25) is 0 Å². The highest BCUT2D eigenvalue weighted by Crippen LogP contribution is 2.23. The third-order valence-corrected chi connectivity index (χ3v) is 5.42. The molecule has 0 spiro atoms. The third-order valence-electron chi connectivity index (χ3n) is 5.18. The number of piperidine rings is 1. The van der Waals surface area contributed by atoms with Crippen molar-refractivity contribution in [2.45, 2.75) is 38.8 Å². The second-order valence-electron chi connectivity index (χ2n) is 7.37. The van der Waals surface area contributed by atoms with E-state index in [1.807, 2.05) is 25.8 Å². The van der Waals surface area contributed by atoms with Gasteiger partial charge in [0, 0.05) is 37.3 Å². The van der Waals surface area contributed by atoms with Crippen LogP contribution in [-0.2, 0) is 0 Å². The van der Waals surface area contributed by atoms with Crippen LogP contribution < -0.4 is 10.5 Å². The summed E-state index contributed by atoms with van der Waals surface area (Å²) in [6.07, 6.45) is 3.12. The average Bonchev–Trinajstić information content (AvgIpc) is 2.67. The molecular formula is C20H24ClFN4O2. The summed E-state index contributed by atoms with van der Waals surface area (Å²) >= 11 is 5.77. The standard InChI is InChI=1S/C20H24ClFN4O2/c1-13(2)24(3)16-10-19(27)26(23-11-16)15-5-4-8-25(12-15)20(28)17-7-6-14(21)9-18(17)22/h6-7,9-11,13,15H,4-5,8,12H2,1-3H3/t15-/m1/s1. The summed E-state index contributed by atoms with van der Waals surface area (Å²) in [5.41, 5.74) is 0.532. The minimum atomic E-state index is -0.643. The van der Waals surface area contributed by atoms with Crippen molar-refractivity contribution < 1.29 is 9.18 Å². The smallest absolute Gasteiger partial charge is 0.269 e. The molecule has 0 N–H and O–H groups in total. The highest BCUT2D eigenvalue weighted by molar-refractivity contribution is 6.30. The van der Waals surface area contributed by atoms with Crippen LogP contribution in [0.1, 0.15) is 43.1 Å². The number of hydrogen-bond donors (Lipinski definition) is 0. The summed E-state index contributed by atoms with van der Waals surface area (Å²) in [6, 6.07) is 5.59. The molecule has 1 aromatic heterocycles. The number of hydrogen-bond acceptors (Lipinski definition) is 4. The molecule has 1 aliphatic heterocycles. The van der Waals surface area contributed by atoms with E-state index in [1.54, 1.807) is 17.2 Å². The summed E-state index contributed by atoms with van der Waals surface area (Å²) in [5, 5.41) is 4.58. The minimum absolute atomic E-state index is 0.0146. The quantitative estimate of drug-likeness (QED) is 0.781. The Hall–Kier alpha value is -2.41. The Kier molecular flexibility index (Phi) is 6.03. The molecule has 1 fully saturated rings. The molecule has 1 amide bonds. The van der Waals surface area contributed by atoms with Gasteiger partial charge in [0.1, 0.15) is 5.82 Å². The Morgan fingerprint density at radius 3 is 2.75 bits per heavy atom. The van der Waals surface area contributed by atoms with E-state index in [0.29, 0.717) is 19.5 Å². The van der Waals surface area contributed by atoms with Crippen molar-refractivity contribution in [1.29, 1.82) is 0 Å². The van der Waals surface area contributed by atoms with E-state index < -0.39 is 11.7 Å². The molecule has 1 aromatic carbocycles.